The van der Waals surface area contributed by atoms with Crippen molar-refractivity contribution in [2.24, 2.45) is 0 Å². The third-order valence-corrected chi connectivity index (χ3v) is 3.74. The molecule has 0 bridgehead atoms. The van der Waals surface area contributed by atoms with Gasteiger partial charge in [0.15, 0.2) is 12.0 Å². The summed E-state index contributed by atoms with van der Waals surface area (Å²) >= 11 is 0. The van der Waals surface area contributed by atoms with Crippen molar-refractivity contribution in [3.63, 3.8) is 0 Å². The van der Waals surface area contributed by atoms with Gasteiger partial charge in [-0.3, -0.25) is 4.79 Å². The number of hydrogen-bond acceptors (Lipinski definition) is 9. The minimum Gasteiger partial charge on any atom is -0.507 e. The maximum atomic E-state index is 12.4. The summed E-state index contributed by atoms with van der Waals surface area (Å²) in [5.74, 6) is -0.777. The molecule has 1 N–H and O–H groups in total. The first kappa shape index (κ1) is 19.7. The van der Waals surface area contributed by atoms with Gasteiger partial charge in [-0.15, -0.1) is 10.1 Å². The van der Waals surface area contributed by atoms with E-state index in [1.54, 1.807) is 24.3 Å². The molecule has 1 heterocycles. The highest BCUT2D eigenvalue weighted by Gasteiger charge is 2.14. The molecule has 10 nitrogen and oxygen atoms in total. The number of rotatable bonds is 8. The van der Waals surface area contributed by atoms with Crippen molar-refractivity contribution < 1.29 is 33.7 Å². The molecule has 0 spiro atoms. The van der Waals surface area contributed by atoms with E-state index in [0.29, 0.717) is 11.3 Å². The number of phenols is 1. The summed E-state index contributed by atoms with van der Waals surface area (Å²) in [6, 6.07) is 12.8. The zero-order chi connectivity index (χ0) is 20.8. The van der Waals surface area contributed by atoms with Crippen LogP contribution in [0.3, 0.4) is 0 Å². The Morgan fingerprint density at radius 3 is 2.62 bits per heavy atom. The van der Waals surface area contributed by atoms with E-state index in [1.807, 2.05) is 6.07 Å². The molecule has 0 radical (unpaired) electrons. The first-order valence-corrected chi connectivity index (χ1v) is 8.36. The van der Waals surface area contributed by atoms with E-state index in [1.165, 1.54) is 18.2 Å². The Hall–Kier alpha value is -4.08. The van der Waals surface area contributed by atoms with E-state index < -0.39 is 29.7 Å². The molecule has 1 aromatic heterocycles. The summed E-state index contributed by atoms with van der Waals surface area (Å²) in [6.07, 6.45) is 0. The number of esters is 1. The Morgan fingerprint density at radius 1 is 1.14 bits per heavy atom. The molecular weight excluding hydrogens is 386 g/mol. The number of benzene rings is 2. The first-order valence-electron chi connectivity index (χ1n) is 8.36. The van der Waals surface area contributed by atoms with Gasteiger partial charge in [-0.1, -0.05) is 30.3 Å². The minimum absolute atomic E-state index is 0.0171. The second-order valence-corrected chi connectivity index (χ2v) is 5.72. The second-order valence-electron chi connectivity index (χ2n) is 5.72. The van der Waals surface area contributed by atoms with Crippen LogP contribution in [0.25, 0.3) is 22.3 Å². The van der Waals surface area contributed by atoms with Crippen LogP contribution in [0.5, 0.6) is 11.5 Å². The minimum atomic E-state index is -1.00. The van der Waals surface area contributed by atoms with Crippen molar-refractivity contribution in [2.45, 2.75) is 0 Å². The molecule has 0 unspecified atom stereocenters. The van der Waals surface area contributed by atoms with Crippen molar-refractivity contribution in [1.29, 1.82) is 0 Å². The first-order chi connectivity index (χ1) is 13.9. The molecular formula is C19H15NO9. The molecule has 0 fully saturated rings. The Morgan fingerprint density at radius 2 is 1.90 bits per heavy atom. The largest absolute Gasteiger partial charge is 0.507 e. The van der Waals surface area contributed by atoms with Crippen LogP contribution < -0.4 is 10.2 Å². The van der Waals surface area contributed by atoms with Gasteiger partial charge in [-0.2, -0.15) is 0 Å². The molecule has 29 heavy (non-hydrogen) atoms. The van der Waals surface area contributed by atoms with Crippen LogP contribution in [0.1, 0.15) is 0 Å². The highest BCUT2D eigenvalue weighted by Crippen LogP contribution is 2.31. The lowest BCUT2D eigenvalue weighted by Gasteiger charge is -2.09. The average molecular weight is 401 g/mol. The van der Waals surface area contributed by atoms with Crippen LogP contribution in [0.4, 0.5) is 0 Å². The number of hydrogen-bond donors (Lipinski definition) is 1. The van der Waals surface area contributed by atoms with Crippen LogP contribution in [-0.2, 0) is 14.4 Å². The van der Waals surface area contributed by atoms with Crippen LogP contribution in [-0.4, -0.2) is 36.0 Å². The van der Waals surface area contributed by atoms with Gasteiger partial charge in [0.2, 0.25) is 0 Å². The highest BCUT2D eigenvalue weighted by molar-refractivity contribution is 5.86. The van der Waals surface area contributed by atoms with Crippen molar-refractivity contribution in [1.82, 2.24) is 0 Å². The number of ether oxygens (including phenoxy) is 2. The van der Waals surface area contributed by atoms with Crippen LogP contribution >= 0.6 is 0 Å². The summed E-state index contributed by atoms with van der Waals surface area (Å²) < 4.78 is 15.7. The van der Waals surface area contributed by atoms with E-state index in [2.05, 4.69) is 4.84 Å². The topological polar surface area (TPSA) is 138 Å². The fourth-order valence-corrected chi connectivity index (χ4v) is 2.52. The van der Waals surface area contributed by atoms with E-state index >= 15 is 0 Å². The third-order valence-electron chi connectivity index (χ3n) is 3.74. The number of carbonyl (C=O) groups is 1. The smallest absolute Gasteiger partial charge is 0.344 e. The summed E-state index contributed by atoms with van der Waals surface area (Å²) in [5.41, 5.74) is 0.330. The van der Waals surface area contributed by atoms with Crippen LogP contribution in [0.2, 0.25) is 0 Å². The van der Waals surface area contributed by atoms with Gasteiger partial charge in [0.25, 0.3) is 5.09 Å². The zero-order valence-electron chi connectivity index (χ0n) is 14.9. The summed E-state index contributed by atoms with van der Waals surface area (Å²) in [7, 11) is 0. The maximum absolute atomic E-state index is 12.4. The molecule has 0 aliphatic heterocycles. The van der Waals surface area contributed by atoms with E-state index in [-0.39, 0.29) is 29.1 Å². The van der Waals surface area contributed by atoms with Gasteiger partial charge >= 0.3 is 5.97 Å². The Kier molecular flexibility index (Phi) is 5.93. The third kappa shape index (κ3) is 5.01. The average Bonchev–Trinajstić information content (AvgIpc) is 2.69. The predicted octanol–water partition coefficient (Wildman–Crippen LogP) is 2.30. The zero-order valence-corrected chi connectivity index (χ0v) is 14.9. The van der Waals surface area contributed by atoms with Crippen LogP contribution in [0, 0.1) is 10.1 Å². The number of phenolic OH excluding ortho intramolecular Hbond substituents is 1. The molecule has 150 valence electrons. The van der Waals surface area contributed by atoms with Gasteiger partial charge in [0.05, 0.1) is 0 Å². The molecule has 2 aromatic carbocycles. The molecule has 0 atom stereocenters. The van der Waals surface area contributed by atoms with Gasteiger partial charge in [-0.25, -0.2) is 4.79 Å². The van der Waals surface area contributed by atoms with Gasteiger partial charge in [0.1, 0.15) is 41.4 Å². The van der Waals surface area contributed by atoms with E-state index in [9.17, 15) is 24.8 Å². The van der Waals surface area contributed by atoms with E-state index in [4.69, 9.17) is 13.9 Å². The van der Waals surface area contributed by atoms with Crippen LogP contribution in [0.15, 0.2) is 57.7 Å². The Bertz CT molecular complexity index is 1090. The molecule has 10 heteroatoms. The lowest BCUT2D eigenvalue weighted by molar-refractivity contribution is -0.757. The van der Waals surface area contributed by atoms with Gasteiger partial charge < -0.3 is 23.8 Å². The second kappa shape index (κ2) is 8.74. The quantitative estimate of drug-likeness (QED) is 0.261. The number of aromatic hydroxyl groups is 1. The Labute approximate surface area is 162 Å². The number of carbonyl (C=O) groups excluding carboxylic acids is 1. The SMILES string of the molecule is O=C(COc1cc(O)c2c(=O)cc(-c3ccccc3)oc2c1)OCCO[N+](=O)[O-]. The normalized spacial score (nSPS) is 10.5. The lowest BCUT2D eigenvalue weighted by Crippen LogP contribution is -2.18. The van der Waals surface area contributed by atoms with Crippen molar-refractivity contribution in [3.8, 4) is 22.8 Å². The predicted molar refractivity (Wildman–Crippen MR) is 99.0 cm³/mol. The highest BCUT2D eigenvalue weighted by atomic mass is 17.0. The molecule has 3 rings (SSSR count). The van der Waals surface area contributed by atoms with Crippen molar-refractivity contribution in [3.05, 3.63) is 68.9 Å². The fourth-order valence-electron chi connectivity index (χ4n) is 2.52. The molecule has 0 aliphatic carbocycles. The molecule has 0 aliphatic rings. The molecule has 0 amide bonds. The fraction of sp³-hybridized carbons (Fsp3) is 0.158. The van der Waals surface area contributed by atoms with Gasteiger partial charge in [-0.05, 0) is 0 Å². The monoisotopic (exact) mass is 401 g/mol. The van der Waals surface area contributed by atoms with Crippen molar-refractivity contribution in [2.75, 3.05) is 19.8 Å². The number of fused-ring (bicyclic) bond motifs is 1. The van der Waals surface area contributed by atoms with Gasteiger partial charge in [0, 0.05) is 23.8 Å². The summed E-state index contributed by atoms with van der Waals surface area (Å²) in [4.78, 5) is 38.0. The Balaban J connectivity index is 1.75. The molecule has 3 aromatic rings. The standard InChI is InChI=1S/C19H15NO9/c21-14-8-13(27-11-18(23)26-6-7-28-20(24)25)9-17-19(14)15(22)10-16(29-17)12-4-2-1-3-5-12/h1-5,8-10,21H,6-7,11H2. The summed E-state index contributed by atoms with van der Waals surface area (Å²) in [5, 5.41) is 19.1. The van der Waals surface area contributed by atoms with Crippen molar-refractivity contribution >= 4 is 16.9 Å². The maximum Gasteiger partial charge on any atom is 0.344 e. The number of nitrogens with zero attached hydrogens (tertiary/aromatic N) is 1. The molecule has 0 saturated heterocycles. The summed E-state index contributed by atoms with van der Waals surface area (Å²) in [6.45, 7) is -1.24. The lowest BCUT2D eigenvalue weighted by atomic mass is 10.1. The molecule has 0 saturated carbocycles. The van der Waals surface area contributed by atoms with E-state index in [0.717, 1.165) is 0 Å².